The number of hydrogen-bond acceptors (Lipinski definition) is 5. The Labute approximate surface area is 155 Å². The smallest absolute Gasteiger partial charge is 0.308 e. The Balaban J connectivity index is 2.08. The number of halogens is 1. The van der Waals surface area contributed by atoms with Crippen LogP contribution < -0.4 is 4.74 Å². The minimum Gasteiger partial charge on any atom is -0.495 e. The van der Waals surface area contributed by atoms with Gasteiger partial charge in [0.2, 0.25) is 0 Å². The van der Waals surface area contributed by atoms with Gasteiger partial charge < -0.3 is 9.84 Å². The molecule has 0 amide bonds. The number of aliphatic carboxylic acids is 1. The molecule has 0 aliphatic heterocycles. The molecule has 0 saturated carbocycles. The molecule has 0 aliphatic rings. The Bertz CT molecular complexity index is 927. The Morgan fingerprint density at radius 2 is 2.00 bits per heavy atom. The molecule has 2 aromatic heterocycles. The highest BCUT2D eigenvalue weighted by atomic mass is 35.5. The van der Waals surface area contributed by atoms with Crippen LogP contribution >= 0.6 is 11.6 Å². The standard InChI is InChI=1S/C18H17ClN4O3/c1-11(18(24)25)10-23-17(13-3-4-15(26-2)14(19)9-13)21-16(22-23)12-5-7-20-8-6-12/h3-9,11H,10H2,1-2H3,(H,24,25). The number of benzene rings is 1. The molecule has 8 heteroatoms. The summed E-state index contributed by atoms with van der Waals surface area (Å²) in [6.07, 6.45) is 3.31. The SMILES string of the molecule is COc1ccc(-c2nc(-c3ccncc3)nn2CC(C)C(=O)O)cc1Cl. The first kappa shape index (κ1) is 17.9. The van der Waals surface area contributed by atoms with E-state index in [-0.39, 0.29) is 6.54 Å². The van der Waals surface area contributed by atoms with Crippen molar-refractivity contribution in [1.29, 1.82) is 0 Å². The highest BCUT2D eigenvalue weighted by Gasteiger charge is 2.19. The van der Waals surface area contributed by atoms with Gasteiger partial charge in [0.15, 0.2) is 11.6 Å². The lowest BCUT2D eigenvalue weighted by molar-refractivity contribution is -0.141. The van der Waals surface area contributed by atoms with E-state index in [1.165, 1.54) is 0 Å². The Kier molecular flexibility index (Phi) is 5.18. The van der Waals surface area contributed by atoms with E-state index in [4.69, 9.17) is 16.3 Å². The molecule has 134 valence electrons. The zero-order valence-corrected chi connectivity index (χ0v) is 15.0. The molecule has 2 heterocycles. The van der Waals surface area contributed by atoms with Gasteiger partial charge in [0, 0.05) is 23.5 Å². The van der Waals surface area contributed by atoms with Crippen molar-refractivity contribution in [3.63, 3.8) is 0 Å². The van der Waals surface area contributed by atoms with Gasteiger partial charge >= 0.3 is 5.97 Å². The predicted molar refractivity (Wildman–Crippen MR) is 97.1 cm³/mol. The number of carbonyl (C=O) groups is 1. The fraction of sp³-hybridized carbons (Fsp3) is 0.222. The minimum atomic E-state index is -0.898. The molecular weight excluding hydrogens is 356 g/mol. The van der Waals surface area contributed by atoms with Crippen LogP contribution in [0, 0.1) is 5.92 Å². The molecule has 7 nitrogen and oxygen atoms in total. The first-order valence-electron chi connectivity index (χ1n) is 7.91. The molecule has 0 aliphatic carbocycles. The number of carboxylic acid groups (broad SMARTS) is 1. The predicted octanol–water partition coefficient (Wildman–Crippen LogP) is 3.39. The van der Waals surface area contributed by atoms with Crippen LogP contribution in [0.2, 0.25) is 5.02 Å². The Morgan fingerprint density at radius 3 is 2.62 bits per heavy atom. The van der Waals surface area contributed by atoms with E-state index in [0.29, 0.717) is 22.4 Å². The van der Waals surface area contributed by atoms with Crippen molar-refractivity contribution >= 4 is 17.6 Å². The number of aromatic nitrogens is 4. The van der Waals surface area contributed by atoms with E-state index < -0.39 is 11.9 Å². The fourth-order valence-electron chi connectivity index (χ4n) is 2.45. The molecule has 0 bridgehead atoms. The third-order valence-corrected chi connectivity index (χ3v) is 4.18. The highest BCUT2D eigenvalue weighted by molar-refractivity contribution is 6.32. The van der Waals surface area contributed by atoms with Crippen LogP contribution in [0.15, 0.2) is 42.7 Å². The first-order valence-corrected chi connectivity index (χ1v) is 8.29. The lowest BCUT2D eigenvalue weighted by Crippen LogP contribution is -2.18. The van der Waals surface area contributed by atoms with Gasteiger partial charge in [0.05, 0.1) is 24.6 Å². The third-order valence-electron chi connectivity index (χ3n) is 3.89. The van der Waals surface area contributed by atoms with E-state index in [1.54, 1.807) is 55.4 Å². The summed E-state index contributed by atoms with van der Waals surface area (Å²) >= 11 is 6.23. The summed E-state index contributed by atoms with van der Waals surface area (Å²) in [5, 5.41) is 14.2. The maximum absolute atomic E-state index is 11.3. The average Bonchev–Trinajstić information content (AvgIpc) is 3.06. The average molecular weight is 373 g/mol. The zero-order chi connectivity index (χ0) is 18.7. The van der Waals surface area contributed by atoms with Crippen molar-refractivity contribution in [3.8, 4) is 28.5 Å². The van der Waals surface area contributed by atoms with Gasteiger partial charge in [-0.3, -0.25) is 9.78 Å². The van der Waals surface area contributed by atoms with Crippen molar-refractivity contribution in [2.45, 2.75) is 13.5 Å². The molecule has 26 heavy (non-hydrogen) atoms. The van der Waals surface area contributed by atoms with E-state index in [2.05, 4.69) is 15.1 Å². The van der Waals surface area contributed by atoms with E-state index in [1.807, 2.05) is 6.07 Å². The number of rotatable bonds is 6. The normalized spacial score (nSPS) is 12.0. The Hall–Kier alpha value is -2.93. The van der Waals surface area contributed by atoms with E-state index in [0.717, 1.165) is 11.1 Å². The largest absolute Gasteiger partial charge is 0.495 e. The second-order valence-electron chi connectivity index (χ2n) is 5.77. The van der Waals surface area contributed by atoms with Crippen LogP contribution in [0.4, 0.5) is 0 Å². The van der Waals surface area contributed by atoms with Crippen LogP contribution in [-0.2, 0) is 11.3 Å². The van der Waals surface area contributed by atoms with Gasteiger partial charge in [0.1, 0.15) is 5.75 Å². The molecule has 1 N–H and O–H groups in total. The molecule has 1 aromatic carbocycles. The van der Waals surface area contributed by atoms with Gasteiger partial charge in [-0.2, -0.15) is 5.10 Å². The summed E-state index contributed by atoms with van der Waals surface area (Å²) in [5.41, 5.74) is 1.52. The maximum atomic E-state index is 11.3. The van der Waals surface area contributed by atoms with Crippen LogP contribution in [0.5, 0.6) is 5.75 Å². The van der Waals surface area contributed by atoms with Crippen molar-refractivity contribution < 1.29 is 14.6 Å². The molecule has 3 aromatic rings. The minimum absolute atomic E-state index is 0.187. The summed E-state index contributed by atoms with van der Waals surface area (Å²) in [5.74, 6) is 0.0651. The molecule has 0 radical (unpaired) electrons. The number of nitrogens with zero attached hydrogens (tertiary/aromatic N) is 4. The summed E-state index contributed by atoms with van der Waals surface area (Å²) in [6.45, 7) is 1.81. The number of hydrogen-bond donors (Lipinski definition) is 1. The van der Waals surface area contributed by atoms with Crippen molar-refractivity contribution in [2.75, 3.05) is 7.11 Å². The Morgan fingerprint density at radius 1 is 1.27 bits per heavy atom. The number of ether oxygens (including phenoxy) is 1. The summed E-state index contributed by atoms with van der Waals surface area (Å²) in [6, 6.07) is 8.87. The van der Waals surface area contributed by atoms with E-state index >= 15 is 0 Å². The van der Waals surface area contributed by atoms with Crippen LogP contribution in [0.25, 0.3) is 22.8 Å². The summed E-state index contributed by atoms with van der Waals surface area (Å²) in [4.78, 5) is 19.8. The van der Waals surface area contributed by atoms with Crippen LogP contribution in [0.1, 0.15) is 6.92 Å². The first-order chi connectivity index (χ1) is 12.5. The fourth-order valence-corrected chi connectivity index (χ4v) is 2.71. The molecule has 0 fully saturated rings. The van der Waals surface area contributed by atoms with Gasteiger partial charge in [-0.25, -0.2) is 9.67 Å². The highest BCUT2D eigenvalue weighted by Crippen LogP contribution is 2.30. The molecule has 1 atom stereocenters. The second-order valence-corrected chi connectivity index (χ2v) is 6.17. The van der Waals surface area contributed by atoms with Crippen LogP contribution in [-0.4, -0.2) is 37.9 Å². The van der Waals surface area contributed by atoms with Crippen LogP contribution in [0.3, 0.4) is 0 Å². The molecule has 1 unspecified atom stereocenters. The van der Waals surface area contributed by atoms with E-state index in [9.17, 15) is 9.90 Å². The summed E-state index contributed by atoms with van der Waals surface area (Å²) in [7, 11) is 1.54. The molecule has 0 saturated heterocycles. The molecule has 0 spiro atoms. The number of pyridine rings is 1. The van der Waals surface area contributed by atoms with Crippen molar-refractivity contribution in [1.82, 2.24) is 19.7 Å². The van der Waals surface area contributed by atoms with Gasteiger partial charge in [-0.15, -0.1) is 0 Å². The number of methoxy groups -OCH3 is 1. The van der Waals surface area contributed by atoms with Gasteiger partial charge in [0.25, 0.3) is 0 Å². The second kappa shape index (κ2) is 7.53. The molecular formula is C18H17ClN4O3. The van der Waals surface area contributed by atoms with Gasteiger partial charge in [-0.05, 0) is 30.3 Å². The van der Waals surface area contributed by atoms with Crippen molar-refractivity contribution in [3.05, 3.63) is 47.7 Å². The molecule has 3 rings (SSSR count). The topological polar surface area (TPSA) is 90.1 Å². The zero-order valence-electron chi connectivity index (χ0n) is 14.3. The van der Waals surface area contributed by atoms with Gasteiger partial charge in [-0.1, -0.05) is 18.5 Å². The monoisotopic (exact) mass is 372 g/mol. The van der Waals surface area contributed by atoms with Crippen molar-refractivity contribution in [2.24, 2.45) is 5.92 Å². The maximum Gasteiger partial charge on any atom is 0.308 e. The lowest BCUT2D eigenvalue weighted by Gasteiger charge is -2.10. The summed E-state index contributed by atoms with van der Waals surface area (Å²) < 4.78 is 6.77. The third kappa shape index (κ3) is 3.67. The number of carboxylic acids is 1. The quantitative estimate of drug-likeness (QED) is 0.713. The lowest BCUT2D eigenvalue weighted by atomic mass is 10.1.